The summed E-state index contributed by atoms with van der Waals surface area (Å²) < 4.78 is 31.6. The van der Waals surface area contributed by atoms with E-state index in [0.717, 1.165) is 43.6 Å². The molecule has 2 aromatic carbocycles. The molecule has 6 heteroatoms. The number of carbonyl (C=O) groups excluding carboxylic acids is 1. The van der Waals surface area contributed by atoms with Gasteiger partial charge in [-0.2, -0.15) is 0 Å². The molecule has 1 unspecified atom stereocenters. The molecule has 3 rings (SSSR count). The summed E-state index contributed by atoms with van der Waals surface area (Å²) >= 11 is 0. The molecular formula is C20H22F2N2O2. The molecule has 1 N–H and O–H groups in total. The highest BCUT2D eigenvalue weighted by Gasteiger charge is 2.23. The van der Waals surface area contributed by atoms with Crippen LogP contribution in [0.1, 0.15) is 24.4 Å². The number of ether oxygens (including phenoxy) is 1. The maximum Gasteiger partial charge on any atom is 0.258 e. The van der Waals surface area contributed by atoms with Crippen molar-refractivity contribution in [3.8, 4) is 5.75 Å². The third-order valence-electron chi connectivity index (χ3n) is 4.51. The fraction of sp³-hybridized carbons (Fsp3) is 0.350. The Labute approximate surface area is 151 Å². The highest BCUT2D eigenvalue weighted by molar-refractivity contribution is 5.77. The zero-order chi connectivity index (χ0) is 18.4. The lowest BCUT2D eigenvalue weighted by molar-refractivity contribution is -0.123. The van der Waals surface area contributed by atoms with E-state index in [0.29, 0.717) is 6.54 Å². The van der Waals surface area contributed by atoms with Gasteiger partial charge in [0.1, 0.15) is 5.82 Å². The third kappa shape index (κ3) is 4.79. The van der Waals surface area contributed by atoms with E-state index in [1.54, 1.807) is 0 Å². The minimum absolute atomic E-state index is 0.102. The zero-order valence-electron chi connectivity index (χ0n) is 14.5. The van der Waals surface area contributed by atoms with Gasteiger partial charge in [-0.15, -0.1) is 0 Å². The normalized spacial score (nSPS) is 15.6. The third-order valence-corrected chi connectivity index (χ3v) is 4.51. The first-order valence-corrected chi connectivity index (χ1v) is 8.77. The molecule has 1 atom stereocenters. The van der Waals surface area contributed by atoms with Gasteiger partial charge in [0.2, 0.25) is 0 Å². The predicted octanol–water partition coefficient (Wildman–Crippen LogP) is 3.30. The molecule has 26 heavy (non-hydrogen) atoms. The highest BCUT2D eigenvalue weighted by atomic mass is 19.1. The van der Waals surface area contributed by atoms with E-state index in [9.17, 15) is 13.6 Å². The smallest absolute Gasteiger partial charge is 0.258 e. The molecule has 1 aliphatic heterocycles. The summed E-state index contributed by atoms with van der Waals surface area (Å²) in [6, 6.07) is 13.1. The number of rotatable bonds is 7. The minimum atomic E-state index is -0.822. The first-order chi connectivity index (χ1) is 12.6. The van der Waals surface area contributed by atoms with Gasteiger partial charge >= 0.3 is 0 Å². The van der Waals surface area contributed by atoms with Crippen LogP contribution < -0.4 is 10.1 Å². The summed E-state index contributed by atoms with van der Waals surface area (Å²) in [4.78, 5) is 14.5. The Morgan fingerprint density at radius 2 is 1.85 bits per heavy atom. The molecule has 1 saturated heterocycles. The summed E-state index contributed by atoms with van der Waals surface area (Å²) in [5.74, 6) is -1.98. The van der Waals surface area contributed by atoms with Crippen LogP contribution in [0.15, 0.2) is 48.5 Å². The lowest BCUT2D eigenvalue weighted by atomic mass is 10.1. The predicted molar refractivity (Wildman–Crippen MR) is 94.9 cm³/mol. The Bertz CT molecular complexity index is 734. The Balaban J connectivity index is 1.55. The second-order valence-electron chi connectivity index (χ2n) is 6.34. The van der Waals surface area contributed by atoms with Gasteiger partial charge in [0.25, 0.3) is 5.91 Å². The Morgan fingerprint density at radius 1 is 1.12 bits per heavy atom. The summed E-state index contributed by atoms with van der Waals surface area (Å²) in [6.45, 7) is 2.15. The van der Waals surface area contributed by atoms with Gasteiger partial charge in [-0.3, -0.25) is 9.69 Å². The summed E-state index contributed by atoms with van der Waals surface area (Å²) in [7, 11) is 0. The van der Waals surface area contributed by atoms with Gasteiger partial charge in [0, 0.05) is 12.6 Å². The second-order valence-corrected chi connectivity index (χ2v) is 6.34. The van der Waals surface area contributed by atoms with Gasteiger partial charge in [-0.25, -0.2) is 8.78 Å². The fourth-order valence-corrected chi connectivity index (χ4v) is 3.18. The Hall–Kier alpha value is -2.47. The van der Waals surface area contributed by atoms with E-state index in [1.165, 1.54) is 6.07 Å². The zero-order valence-corrected chi connectivity index (χ0v) is 14.5. The topological polar surface area (TPSA) is 41.6 Å². The fourth-order valence-electron chi connectivity index (χ4n) is 3.18. The summed E-state index contributed by atoms with van der Waals surface area (Å²) in [6.07, 6.45) is 2.31. The van der Waals surface area contributed by atoms with Crippen molar-refractivity contribution in [1.29, 1.82) is 0 Å². The number of hydrogen-bond acceptors (Lipinski definition) is 3. The number of likely N-dealkylation sites (tertiary alicyclic amines) is 1. The van der Waals surface area contributed by atoms with Gasteiger partial charge in [0.15, 0.2) is 18.2 Å². The molecule has 0 aliphatic carbocycles. The molecule has 0 spiro atoms. The maximum absolute atomic E-state index is 13.5. The van der Waals surface area contributed by atoms with E-state index in [-0.39, 0.29) is 24.3 Å². The van der Waals surface area contributed by atoms with Crippen molar-refractivity contribution in [2.45, 2.75) is 18.9 Å². The number of hydrogen-bond donors (Lipinski definition) is 1. The van der Waals surface area contributed by atoms with Gasteiger partial charge < -0.3 is 10.1 Å². The van der Waals surface area contributed by atoms with Crippen molar-refractivity contribution in [3.63, 3.8) is 0 Å². The van der Waals surface area contributed by atoms with Crippen LogP contribution in [0.5, 0.6) is 5.75 Å². The van der Waals surface area contributed by atoms with E-state index in [4.69, 9.17) is 4.74 Å². The number of nitrogens with zero attached hydrogens (tertiary/aromatic N) is 1. The standard InChI is InChI=1S/C20H22F2N2O2/c21-16-8-9-19(17(22)12-16)26-14-20(25)23-13-18(24-10-4-5-11-24)15-6-2-1-3-7-15/h1-3,6-9,12,18H,4-5,10-11,13-14H2,(H,23,25). The molecular weight excluding hydrogens is 338 g/mol. The average Bonchev–Trinajstić information content (AvgIpc) is 3.16. The minimum Gasteiger partial charge on any atom is -0.481 e. The van der Waals surface area contributed by atoms with Crippen molar-refractivity contribution >= 4 is 5.91 Å². The van der Waals surface area contributed by atoms with Crippen LogP contribution in [0.25, 0.3) is 0 Å². The van der Waals surface area contributed by atoms with E-state index in [1.807, 2.05) is 18.2 Å². The molecule has 4 nitrogen and oxygen atoms in total. The summed E-state index contributed by atoms with van der Waals surface area (Å²) in [5.41, 5.74) is 1.15. The van der Waals surface area contributed by atoms with Crippen LogP contribution in [-0.4, -0.2) is 37.0 Å². The molecule has 0 bridgehead atoms. The van der Waals surface area contributed by atoms with Crippen LogP contribution in [0.2, 0.25) is 0 Å². The van der Waals surface area contributed by atoms with Gasteiger partial charge in [0.05, 0.1) is 6.04 Å². The van der Waals surface area contributed by atoms with Gasteiger partial charge in [-0.05, 0) is 43.6 Å². The lowest BCUT2D eigenvalue weighted by Gasteiger charge is -2.28. The monoisotopic (exact) mass is 360 g/mol. The number of benzene rings is 2. The van der Waals surface area contributed by atoms with Crippen molar-refractivity contribution in [1.82, 2.24) is 10.2 Å². The van der Waals surface area contributed by atoms with Gasteiger partial charge in [-0.1, -0.05) is 30.3 Å². The number of halogens is 2. The number of carbonyl (C=O) groups is 1. The number of nitrogens with one attached hydrogen (secondary N) is 1. The van der Waals surface area contributed by atoms with E-state index < -0.39 is 11.6 Å². The van der Waals surface area contributed by atoms with E-state index in [2.05, 4.69) is 22.3 Å². The quantitative estimate of drug-likeness (QED) is 0.824. The van der Waals surface area contributed by atoms with Crippen LogP contribution in [0.4, 0.5) is 8.78 Å². The SMILES string of the molecule is O=C(COc1ccc(F)cc1F)NCC(c1ccccc1)N1CCCC1. The molecule has 1 fully saturated rings. The summed E-state index contributed by atoms with van der Waals surface area (Å²) in [5, 5.41) is 2.86. The van der Waals surface area contributed by atoms with Crippen LogP contribution >= 0.6 is 0 Å². The first kappa shape index (κ1) is 18.3. The highest BCUT2D eigenvalue weighted by Crippen LogP contribution is 2.24. The lowest BCUT2D eigenvalue weighted by Crippen LogP contribution is -2.38. The van der Waals surface area contributed by atoms with Crippen LogP contribution in [-0.2, 0) is 4.79 Å². The molecule has 1 amide bonds. The molecule has 2 aromatic rings. The Kier molecular flexibility index (Phi) is 6.17. The largest absolute Gasteiger partial charge is 0.481 e. The molecule has 0 aromatic heterocycles. The molecule has 1 aliphatic rings. The first-order valence-electron chi connectivity index (χ1n) is 8.77. The van der Waals surface area contributed by atoms with Crippen molar-refractivity contribution in [2.24, 2.45) is 0 Å². The Morgan fingerprint density at radius 3 is 2.54 bits per heavy atom. The van der Waals surface area contributed by atoms with E-state index >= 15 is 0 Å². The van der Waals surface area contributed by atoms with Crippen molar-refractivity contribution < 1.29 is 18.3 Å². The molecule has 0 radical (unpaired) electrons. The average molecular weight is 360 g/mol. The second kappa shape index (κ2) is 8.76. The molecule has 1 heterocycles. The van der Waals surface area contributed by atoms with Crippen molar-refractivity contribution in [2.75, 3.05) is 26.2 Å². The van der Waals surface area contributed by atoms with Crippen LogP contribution in [0, 0.1) is 11.6 Å². The maximum atomic E-state index is 13.5. The number of amides is 1. The van der Waals surface area contributed by atoms with Crippen LogP contribution in [0.3, 0.4) is 0 Å². The van der Waals surface area contributed by atoms with Crippen molar-refractivity contribution in [3.05, 3.63) is 65.7 Å². The molecule has 138 valence electrons. The molecule has 0 saturated carbocycles.